The van der Waals surface area contributed by atoms with E-state index in [9.17, 15) is 13.2 Å². The van der Waals surface area contributed by atoms with Crippen molar-refractivity contribution in [2.45, 2.75) is 6.43 Å². The molecule has 1 aromatic rings. The molecule has 0 amide bonds. The molecule has 0 saturated carbocycles. The van der Waals surface area contributed by atoms with Crippen LogP contribution in [0, 0.1) is 5.82 Å². The number of aromatic nitrogens is 1. The molecule has 6 heteroatoms. The molecular weight excluding hydrogens is 237 g/mol. The summed E-state index contributed by atoms with van der Waals surface area (Å²) in [6, 6.07) is 0. The fraction of sp³-hybridized carbons (Fsp3) is 0.167. The number of pyridine rings is 1. The topological polar surface area (TPSA) is 38.9 Å². The van der Waals surface area contributed by atoms with Gasteiger partial charge >= 0.3 is 0 Å². The maximum Gasteiger partial charge on any atom is 0.267 e. The molecule has 0 aromatic carbocycles. The second-order valence-corrected chi connectivity index (χ2v) is 2.87. The van der Waals surface area contributed by atoms with Gasteiger partial charge in [0.25, 0.3) is 6.43 Å². The van der Waals surface area contributed by atoms with Crippen LogP contribution in [0.3, 0.4) is 0 Å². The lowest BCUT2D eigenvalue weighted by molar-refractivity contribution is 0.145. The molecule has 66 valence electrons. The summed E-state index contributed by atoms with van der Waals surface area (Å²) in [7, 11) is 0. The van der Waals surface area contributed by atoms with Crippen LogP contribution in [0.5, 0.6) is 0 Å². The van der Waals surface area contributed by atoms with Crippen molar-refractivity contribution in [1.82, 2.24) is 4.98 Å². The summed E-state index contributed by atoms with van der Waals surface area (Å²) in [6.45, 7) is 0. The predicted molar refractivity (Wildman–Crippen MR) is 41.3 cm³/mol. The van der Waals surface area contributed by atoms with Gasteiger partial charge in [-0.15, -0.1) is 0 Å². The van der Waals surface area contributed by atoms with Crippen molar-refractivity contribution in [1.29, 1.82) is 0 Å². The first-order valence-corrected chi connectivity index (χ1v) is 3.71. The van der Waals surface area contributed by atoms with Crippen LogP contribution in [0.4, 0.5) is 19.0 Å². The van der Waals surface area contributed by atoms with Crippen LogP contribution < -0.4 is 5.73 Å². The number of nitrogens with two attached hydrogens (primary N) is 1. The van der Waals surface area contributed by atoms with E-state index in [1.807, 2.05) is 0 Å². The van der Waals surface area contributed by atoms with Gasteiger partial charge in [0.05, 0.1) is 5.56 Å². The van der Waals surface area contributed by atoms with Gasteiger partial charge in [-0.2, -0.15) is 0 Å². The van der Waals surface area contributed by atoms with E-state index in [0.717, 1.165) is 6.20 Å². The Kier molecular flexibility index (Phi) is 2.56. The van der Waals surface area contributed by atoms with Crippen molar-refractivity contribution in [2.24, 2.45) is 0 Å². The number of hydrogen-bond acceptors (Lipinski definition) is 2. The Bertz CT molecular complexity index is 303. The third-order valence-corrected chi connectivity index (χ3v) is 1.89. The number of nitrogen functional groups attached to an aromatic ring is 1. The van der Waals surface area contributed by atoms with Gasteiger partial charge in [0, 0.05) is 10.7 Å². The largest absolute Gasteiger partial charge is 0.381 e. The van der Waals surface area contributed by atoms with Gasteiger partial charge in [-0.05, 0) is 15.9 Å². The van der Waals surface area contributed by atoms with Gasteiger partial charge in [-0.1, -0.05) is 0 Å². The second-order valence-electron chi connectivity index (χ2n) is 2.02. The van der Waals surface area contributed by atoms with Gasteiger partial charge in [-0.3, -0.25) is 0 Å². The molecule has 0 aliphatic heterocycles. The molecule has 0 radical (unpaired) electrons. The standard InChI is InChI=1S/C6H4BrF3N2/c7-2-1-12-6(11)4(8)3(2)5(9)10/h1,5H,(H2,11,12). The average molecular weight is 241 g/mol. The second kappa shape index (κ2) is 3.30. The molecule has 0 saturated heterocycles. The van der Waals surface area contributed by atoms with E-state index in [0.29, 0.717) is 0 Å². The molecule has 2 N–H and O–H groups in total. The highest BCUT2D eigenvalue weighted by molar-refractivity contribution is 9.10. The van der Waals surface area contributed by atoms with Crippen LogP contribution in [-0.2, 0) is 0 Å². The van der Waals surface area contributed by atoms with Crippen molar-refractivity contribution in [2.75, 3.05) is 5.73 Å². The summed E-state index contributed by atoms with van der Waals surface area (Å²) >= 11 is 2.74. The smallest absolute Gasteiger partial charge is 0.267 e. The molecule has 0 atom stereocenters. The molecule has 12 heavy (non-hydrogen) atoms. The van der Waals surface area contributed by atoms with Crippen molar-refractivity contribution >= 4 is 21.7 Å². The van der Waals surface area contributed by atoms with Gasteiger partial charge in [-0.25, -0.2) is 18.2 Å². The van der Waals surface area contributed by atoms with E-state index in [-0.39, 0.29) is 4.47 Å². The molecule has 0 fully saturated rings. The summed E-state index contributed by atoms with van der Waals surface area (Å²) in [4.78, 5) is 3.34. The Morgan fingerprint density at radius 2 is 2.08 bits per heavy atom. The number of halogens is 4. The summed E-state index contributed by atoms with van der Waals surface area (Å²) < 4.78 is 37.0. The van der Waals surface area contributed by atoms with Crippen molar-refractivity contribution in [3.05, 3.63) is 22.1 Å². The maximum absolute atomic E-state index is 12.8. The minimum Gasteiger partial charge on any atom is -0.381 e. The minimum absolute atomic E-state index is 0.0794. The lowest BCUT2D eigenvalue weighted by Gasteiger charge is -2.05. The van der Waals surface area contributed by atoms with E-state index in [2.05, 4.69) is 20.9 Å². The molecule has 1 heterocycles. The Morgan fingerprint density at radius 1 is 1.50 bits per heavy atom. The molecule has 1 rings (SSSR count). The van der Waals surface area contributed by atoms with E-state index < -0.39 is 23.6 Å². The number of anilines is 1. The maximum atomic E-state index is 12.8. The van der Waals surface area contributed by atoms with Gasteiger partial charge in [0.15, 0.2) is 11.6 Å². The van der Waals surface area contributed by atoms with Crippen LogP contribution in [-0.4, -0.2) is 4.98 Å². The Hall–Kier alpha value is -0.780. The molecule has 1 aromatic heterocycles. The van der Waals surface area contributed by atoms with Crippen LogP contribution >= 0.6 is 15.9 Å². The third-order valence-electron chi connectivity index (χ3n) is 1.25. The lowest BCUT2D eigenvalue weighted by Crippen LogP contribution is -2.01. The predicted octanol–water partition coefficient (Wildman–Crippen LogP) is 2.50. The summed E-state index contributed by atoms with van der Waals surface area (Å²) in [5.41, 5.74) is 4.24. The molecule has 0 bridgehead atoms. The fourth-order valence-corrected chi connectivity index (χ4v) is 1.14. The first-order valence-electron chi connectivity index (χ1n) is 2.91. The lowest BCUT2D eigenvalue weighted by atomic mass is 10.2. The van der Waals surface area contributed by atoms with Crippen molar-refractivity contribution in [3.63, 3.8) is 0 Å². The normalized spacial score (nSPS) is 10.8. The first-order chi connectivity index (χ1) is 5.54. The summed E-state index contributed by atoms with van der Waals surface area (Å²) in [5, 5.41) is 0. The van der Waals surface area contributed by atoms with E-state index in [4.69, 9.17) is 5.73 Å². The van der Waals surface area contributed by atoms with E-state index in [1.165, 1.54) is 0 Å². The van der Waals surface area contributed by atoms with Gasteiger partial charge in [0.1, 0.15) is 0 Å². The SMILES string of the molecule is Nc1ncc(Br)c(C(F)F)c1F. The highest BCUT2D eigenvalue weighted by Crippen LogP contribution is 2.30. The molecule has 0 spiro atoms. The molecular formula is C6H4BrF3N2. The quantitative estimate of drug-likeness (QED) is 0.820. The highest BCUT2D eigenvalue weighted by Gasteiger charge is 2.19. The van der Waals surface area contributed by atoms with Gasteiger partial charge < -0.3 is 5.73 Å². The highest BCUT2D eigenvalue weighted by atomic mass is 79.9. The number of alkyl halides is 2. The van der Waals surface area contributed by atoms with Gasteiger partial charge in [0.2, 0.25) is 0 Å². The first kappa shape index (κ1) is 9.31. The van der Waals surface area contributed by atoms with Crippen LogP contribution in [0.2, 0.25) is 0 Å². The monoisotopic (exact) mass is 240 g/mol. The molecule has 0 aliphatic rings. The van der Waals surface area contributed by atoms with Crippen molar-refractivity contribution in [3.8, 4) is 0 Å². The summed E-state index contributed by atoms with van der Waals surface area (Å²) in [5.74, 6) is -1.69. The average Bonchev–Trinajstić information content (AvgIpc) is 1.97. The zero-order chi connectivity index (χ0) is 9.30. The minimum atomic E-state index is -2.90. The number of hydrogen-bond donors (Lipinski definition) is 1. The fourth-order valence-electron chi connectivity index (χ4n) is 0.695. The third kappa shape index (κ3) is 1.52. The van der Waals surface area contributed by atoms with Crippen LogP contribution in [0.25, 0.3) is 0 Å². The zero-order valence-corrected chi connectivity index (χ0v) is 7.28. The summed E-state index contributed by atoms with van der Waals surface area (Å²) in [6.07, 6.45) is -1.86. The number of rotatable bonds is 1. The van der Waals surface area contributed by atoms with Crippen molar-refractivity contribution < 1.29 is 13.2 Å². The molecule has 2 nitrogen and oxygen atoms in total. The zero-order valence-electron chi connectivity index (χ0n) is 5.69. The van der Waals surface area contributed by atoms with Crippen LogP contribution in [0.1, 0.15) is 12.0 Å². The van der Waals surface area contributed by atoms with E-state index in [1.54, 1.807) is 0 Å². The molecule has 0 aliphatic carbocycles. The Labute approximate surface area is 74.7 Å². The van der Waals surface area contributed by atoms with E-state index >= 15 is 0 Å². The Balaban J connectivity index is 3.33. The Morgan fingerprint density at radius 3 is 2.50 bits per heavy atom. The van der Waals surface area contributed by atoms with Crippen LogP contribution in [0.15, 0.2) is 10.7 Å². The molecule has 0 unspecified atom stereocenters. The number of nitrogens with zero attached hydrogens (tertiary/aromatic N) is 1.